The highest BCUT2D eigenvalue weighted by molar-refractivity contribution is 7.92. The lowest BCUT2D eigenvalue weighted by Gasteiger charge is -2.09. The van der Waals surface area contributed by atoms with Gasteiger partial charge in [-0.3, -0.25) is 4.72 Å². The average Bonchev–Trinajstić information content (AvgIpc) is 3.08. The molecular weight excluding hydrogens is 379 g/mol. The standard InChI is InChI=1S/C17H13FN2O4S2/c1-10-8-12(17(21)22)4-7-14(10)20-26(23,24)15-9-25-16(19-15)11-2-5-13(18)6-3-11/h2-9,20H,1H3,(H,21,22). The maximum Gasteiger partial charge on any atom is 0.335 e. The Morgan fingerprint density at radius 1 is 1.19 bits per heavy atom. The molecule has 9 heteroatoms. The molecule has 1 aromatic heterocycles. The van der Waals surface area contributed by atoms with Crippen molar-refractivity contribution in [2.24, 2.45) is 0 Å². The summed E-state index contributed by atoms with van der Waals surface area (Å²) in [6.45, 7) is 1.61. The van der Waals surface area contributed by atoms with E-state index in [-0.39, 0.29) is 22.1 Å². The first-order valence-electron chi connectivity index (χ1n) is 7.34. The van der Waals surface area contributed by atoms with E-state index in [0.717, 1.165) is 11.3 Å². The van der Waals surface area contributed by atoms with Gasteiger partial charge in [0, 0.05) is 10.9 Å². The molecule has 0 aliphatic carbocycles. The van der Waals surface area contributed by atoms with Crippen LogP contribution in [0.25, 0.3) is 10.6 Å². The minimum absolute atomic E-state index is 0.0673. The van der Waals surface area contributed by atoms with Crippen molar-refractivity contribution in [2.45, 2.75) is 11.9 Å². The fraction of sp³-hybridized carbons (Fsp3) is 0.0588. The lowest BCUT2D eigenvalue weighted by molar-refractivity contribution is 0.0697. The van der Waals surface area contributed by atoms with Crippen molar-refractivity contribution < 1.29 is 22.7 Å². The molecule has 0 aliphatic rings. The summed E-state index contributed by atoms with van der Waals surface area (Å²) in [6.07, 6.45) is 0. The van der Waals surface area contributed by atoms with Crippen LogP contribution in [0.15, 0.2) is 52.9 Å². The zero-order valence-electron chi connectivity index (χ0n) is 13.4. The summed E-state index contributed by atoms with van der Waals surface area (Å²) in [5.74, 6) is -1.48. The molecule has 134 valence electrons. The molecule has 0 amide bonds. The molecule has 6 nitrogen and oxygen atoms in total. The Morgan fingerprint density at radius 2 is 1.88 bits per heavy atom. The van der Waals surface area contributed by atoms with E-state index >= 15 is 0 Å². The summed E-state index contributed by atoms with van der Waals surface area (Å²) in [5.41, 5.74) is 1.42. The van der Waals surface area contributed by atoms with Crippen molar-refractivity contribution in [3.05, 3.63) is 64.8 Å². The fourth-order valence-electron chi connectivity index (χ4n) is 2.22. The van der Waals surface area contributed by atoms with Crippen LogP contribution in [0.3, 0.4) is 0 Å². The number of nitrogens with zero attached hydrogens (tertiary/aromatic N) is 1. The van der Waals surface area contributed by atoms with Gasteiger partial charge in [-0.15, -0.1) is 11.3 Å². The number of hydrogen-bond donors (Lipinski definition) is 2. The van der Waals surface area contributed by atoms with Crippen LogP contribution in [0.1, 0.15) is 15.9 Å². The van der Waals surface area contributed by atoms with Gasteiger partial charge >= 0.3 is 5.97 Å². The molecule has 0 saturated carbocycles. The average molecular weight is 392 g/mol. The molecule has 0 spiro atoms. The van der Waals surface area contributed by atoms with Gasteiger partial charge in [-0.05, 0) is 55.0 Å². The molecule has 1 heterocycles. The van der Waals surface area contributed by atoms with Gasteiger partial charge in [-0.25, -0.2) is 14.2 Å². The number of benzene rings is 2. The number of carboxylic acid groups (broad SMARTS) is 1. The minimum Gasteiger partial charge on any atom is -0.478 e. The Morgan fingerprint density at radius 3 is 2.50 bits per heavy atom. The number of aromatic nitrogens is 1. The topological polar surface area (TPSA) is 96.4 Å². The largest absolute Gasteiger partial charge is 0.478 e. The van der Waals surface area contributed by atoms with Gasteiger partial charge in [0.25, 0.3) is 10.0 Å². The molecule has 3 aromatic rings. The number of nitrogens with one attached hydrogen (secondary N) is 1. The number of aromatic carboxylic acids is 1. The van der Waals surface area contributed by atoms with Crippen LogP contribution in [-0.4, -0.2) is 24.5 Å². The number of carbonyl (C=O) groups is 1. The third-order valence-corrected chi connectivity index (χ3v) is 5.86. The smallest absolute Gasteiger partial charge is 0.335 e. The van der Waals surface area contributed by atoms with Gasteiger partial charge < -0.3 is 5.11 Å². The van der Waals surface area contributed by atoms with Crippen molar-refractivity contribution in [1.29, 1.82) is 0 Å². The normalized spacial score (nSPS) is 11.3. The Bertz CT molecular complexity index is 1080. The maximum atomic E-state index is 13.0. The molecule has 0 unspecified atom stereocenters. The number of thiazole rings is 1. The Kier molecular flexibility index (Phi) is 4.75. The number of sulfonamides is 1. The van der Waals surface area contributed by atoms with Crippen LogP contribution in [0.2, 0.25) is 0 Å². The second kappa shape index (κ2) is 6.85. The van der Waals surface area contributed by atoms with Crippen LogP contribution in [0, 0.1) is 12.7 Å². The minimum atomic E-state index is -3.94. The summed E-state index contributed by atoms with van der Waals surface area (Å²) in [5, 5.41) is 10.6. The van der Waals surface area contributed by atoms with Crippen molar-refractivity contribution in [2.75, 3.05) is 4.72 Å². The van der Waals surface area contributed by atoms with Gasteiger partial charge in [-0.1, -0.05) is 0 Å². The van der Waals surface area contributed by atoms with E-state index in [1.54, 1.807) is 6.92 Å². The van der Waals surface area contributed by atoms with Gasteiger partial charge in [0.05, 0.1) is 11.3 Å². The molecule has 0 saturated heterocycles. The monoisotopic (exact) mass is 392 g/mol. The first kappa shape index (κ1) is 18.0. The maximum absolute atomic E-state index is 13.0. The number of rotatable bonds is 5. The molecule has 2 N–H and O–H groups in total. The van der Waals surface area contributed by atoms with Crippen molar-refractivity contribution in [1.82, 2.24) is 4.98 Å². The van der Waals surface area contributed by atoms with Crippen molar-refractivity contribution in [3.8, 4) is 10.6 Å². The molecule has 0 aliphatic heterocycles. The Hall–Kier alpha value is -2.78. The molecule has 3 rings (SSSR count). The van der Waals surface area contributed by atoms with E-state index in [2.05, 4.69) is 9.71 Å². The molecule has 26 heavy (non-hydrogen) atoms. The van der Waals surface area contributed by atoms with Gasteiger partial charge in [0.1, 0.15) is 10.8 Å². The summed E-state index contributed by atoms with van der Waals surface area (Å²) >= 11 is 1.13. The molecule has 0 atom stereocenters. The SMILES string of the molecule is Cc1cc(C(=O)O)ccc1NS(=O)(=O)c1csc(-c2ccc(F)cc2)n1. The molecule has 0 fully saturated rings. The summed E-state index contributed by atoms with van der Waals surface area (Å²) in [4.78, 5) is 15.1. The van der Waals surface area contributed by atoms with E-state index < -0.39 is 16.0 Å². The zero-order valence-corrected chi connectivity index (χ0v) is 15.1. The lowest BCUT2D eigenvalue weighted by atomic mass is 10.1. The number of aryl methyl sites for hydroxylation is 1. The van der Waals surface area contributed by atoms with E-state index in [0.29, 0.717) is 16.1 Å². The summed E-state index contributed by atoms with van der Waals surface area (Å²) in [7, 11) is -3.94. The predicted octanol–water partition coefficient (Wildman–Crippen LogP) is 3.76. The predicted molar refractivity (Wildman–Crippen MR) is 96.5 cm³/mol. The second-order valence-corrected chi connectivity index (χ2v) is 7.93. The highest BCUT2D eigenvalue weighted by Crippen LogP contribution is 2.27. The first-order chi connectivity index (χ1) is 12.3. The van der Waals surface area contributed by atoms with E-state index in [1.165, 1.54) is 47.8 Å². The summed E-state index contributed by atoms with van der Waals surface area (Å²) in [6, 6.07) is 9.68. The van der Waals surface area contributed by atoms with Crippen LogP contribution in [0.5, 0.6) is 0 Å². The van der Waals surface area contributed by atoms with Crippen LogP contribution < -0.4 is 4.72 Å². The van der Waals surface area contributed by atoms with E-state index in [4.69, 9.17) is 5.11 Å². The van der Waals surface area contributed by atoms with Crippen LogP contribution >= 0.6 is 11.3 Å². The number of anilines is 1. The van der Waals surface area contributed by atoms with Gasteiger partial charge in [-0.2, -0.15) is 8.42 Å². The van der Waals surface area contributed by atoms with Crippen molar-refractivity contribution >= 4 is 33.0 Å². The van der Waals surface area contributed by atoms with E-state index in [9.17, 15) is 17.6 Å². The molecule has 2 aromatic carbocycles. The van der Waals surface area contributed by atoms with Crippen molar-refractivity contribution in [3.63, 3.8) is 0 Å². The zero-order chi connectivity index (χ0) is 18.9. The van der Waals surface area contributed by atoms with E-state index in [1.807, 2.05) is 0 Å². The Balaban J connectivity index is 1.87. The highest BCUT2D eigenvalue weighted by Gasteiger charge is 2.20. The van der Waals surface area contributed by atoms with Crippen LogP contribution in [-0.2, 0) is 10.0 Å². The highest BCUT2D eigenvalue weighted by atomic mass is 32.2. The quantitative estimate of drug-likeness (QED) is 0.689. The fourth-order valence-corrected chi connectivity index (χ4v) is 4.45. The molecule has 0 bridgehead atoms. The lowest BCUT2D eigenvalue weighted by Crippen LogP contribution is -2.14. The third-order valence-electron chi connectivity index (χ3n) is 3.57. The number of carboxylic acids is 1. The van der Waals surface area contributed by atoms with Gasteiger partial charge in [0.15, 0.2) is 5.03 Å². The molecular formula is C17H13FN2O4S2. The van der Waals surface area contributed by atoms with Crippen LogP contribution in [0.4, 0.5) is 10.1 Å². The Labute approximate surface area is 153 Å². The second-order valence-electron chi connectivity index (χ2n) is 5.44. The third kappa shape index (κ3) is 3.73. The summed E-state index contributed by atoms with van der Waals surface area (Å²) < 4.78 is 40.5. The number of halogens is 1. The van der Waals surface area contributed by atoms with Gasteiger partial charge in [0.2, 0.25) is 0 Å². The first-order valence-corrected chi connectivity index (χ1v) is 9.71. The number of hydrogen-bond acceptors (Lipinski definition) is 5. The molecule has 0 radical (unpaired) electrons.